The molecule has 1 saturated carbocycles. The Morgan fingerprint density at radius 1 is 1.12 bits per heavy atom. The first-order chi connectivity index (χ1) is 12.6. The summed E-state index contributed by atoms with van der Waals surface area (Å²) >= 11 is 3.36. The fourth-order valence-corrected chi connectivity index (χ4v) is 2.69. The number of carbonyl (C=O) groups is 2. The normalized spacial score (nSPS) is 13.1. The van der Waals surface area contributed by atoms with Gasteiger partial charge in [-0.1, -0.05) is 28.1 Å². The van der Waals surface area contributed by atoms with E-state index in [9.17, 15) is 9.59 Å². The molecule has 136 valence electrons. The summed E-state index contributed by atoms with van der Waals surface area (Å²) in [4.78, 5) is 23.8. The summed E-state index contributed by atoms with van der Waals surface area (Å²) < 4.78 is 6.53. The number of rotatable bonds is 8. The molecule has 1 aliphatic rings. The van der Waals surface area contributed by atoms with Crippen molar-refractivity contribution in [2.75, 3.05) is 11.9 Å². The number of halogens is 1. The van der Waals surface area contributed by atoms with E-state index >= 15 is 0 Å². The van der Waals surface area contributed by atoms with Crippen molar-refractivity contribution in [2.45, 2.75) is 25.8 Å². The zero-order chi connectivity index (χ0) is 18.4. The Hall–Kier alpha value is -2.34. The van der Waals surface area contributed by atoms with Crippen molar-refractivity contribution in [1.82, 2.24) is 5.32 Å². The van der Waals surface area contributed by atoms with E-state index < -0.39 is 0 Å². The first-order valence-corrected chi connectivity index (χ1v) is 9.44. The van der Waals surface area contributed by atoms with E-state index in [0.717, 1.165) is 34.3 Å². The SMILES string of the molecule is O=C(CCOc1ccc(Br)cc1)NCc1cccc(NC(=O)C2CC2)c1. The summed E-state index contributed by atoms with van der Waals surface area (Å²) in [5.74, 6) is 0.912. The molecule has 26 heavy (non-hydrogen) atoms. The third-order valence-corrected chi connectivity index (χ3v) is 4.57. The highest BCUT2D eigenvalue weighted by Crippen LogP contribution is 2.30. The summed E-state index contributed by atoms with van der Waals surface area (Å²) in [6.07, 6.45) is 2.24. The van der Waals surface area contributed by atoms with E-state index in [-0.39, 0.29) is 24.2 Å². The Balaban J connectivity index is 1.39. The molecule has 3 rings (SSSR count). The van der Waals surface area contributed by atoms with E-state index in [1.54, 1.807) is 0 Å². The fourth-order valence-electron chi connectivity index (χ4n) is 2.43. The Morgan fingerprint density at radius 2 is 1.88 bits per heavy atom. The molecule has 0 atom stereocenters. The molecule has 1 aliphatic carbocycles. The van der Waals surface area contributed by atoms with Gasteiger partial charge in [-0.25, -0.2) is 0 Å². The lowest BCUT2D eigenvalue weighted by Gasteiger charge is -2.09. The number of nitrogens with one attached hydrogen (secondary N) is 2. The molecule has 0 spiro atoms. The van der Waals surface area contributed by atoms with Crippen LogP contribution in [0.5, 0.6) is 5.75 Å². The van der Waals surface area contributed by atoms with Crippen molar-refractivity contribution < 1.29 is 14.3 Å². The zero-order valence-electron chi connectivity index (χ0n) is 14.3. The van der Waals surface area contributed by atoms with Crippen LogP contribution in [0.3, 0.4) is 0 Å². The van der Waals surface area contributed by atoms with Crippen LogP contribution in [0.4, 0.5) is 5.69 Å². The summed E-state index contributed by atoms with van der Waals surface area (Å²) in [7, 11) is 0. The highest BCUT2D eigenvalue weighted by Gasteiger charge is 2.29. The predicted octanol–water partition coefficient (Wildman–Crippen LogP) is 3.88. The molecular formula is C20H21BrN2O3. The Kier molecular flexibility index (Phi) is 6.28. The van der Waals surface area contributed by atoms with Crippen molar-refractivity contribution in [3.05, 3.63) is 58.6 Å². The summed E-state index contributed by atoms with van der Waals surface area (Å²) in [6, 6.07) is 15.0. The molecule has 5 nitrogen and oxygen atoms in total. The van der Waals surface area contributed by atoms with Crippen LogP contribution in [0, 0.1) is 5.92 Å². The Labute approximate surface area is 161 Å². The minimum Gasteiger partial charge on any atom is -0.493 e. The summed E-state index contributed by atoms with van der Waals surface area (Å²) in [6.45, 7) is 0.745. The second-order valence-electron chi connectivity index (χ2n) is 6.29. The second kappa shape index (κ2) is 8.85. The van der Waals surface area contributed by atoms with E-state index in [2.05, 4.69) is 26.6 Å². The lowest BCUT2D eigenvalue weighted by atomic mass is 10.2. The molecule has 0 unspecified atom stereocenters. The maximum Gasteiger partial charge on any atom is 0.227 e. The van der Waals surface area contributed by atoms with Gasteiger partial charge in [0.25, 0.3) is 0 Å². The van der Waals surface area contributed by atoms with Crippen molar-refractivity contribution in [3.63, 3.8) is 0 Å². The van der Waals surface area contributed by atoms with Crippen LogP contribution in [0.1, 0.15) is 24.8 Å². The number of amides is 2. The smallest absolute Gasteiger partial charge is 0.227 e. The molecule has 0 radical (unpaired) electrons. The Bertz CT molecular complexity index is 773. The average Bonchev–Trinajstić information content (AvgIpc) is 3.47. The highest BCUT2D eigenvalue weighted by atomic mass is 79.9. The molecule has 0 aromatic heterocycles. The van der Waals surface area contributed by atoms with Crippen LogP contribution in [0.2, 0.25) is 0 Å². The molecule has 2 amide bonds. The van der Waals surface area contributed by atoms with Gasteiger partial charge in [0, 0.05) is 22.6 Å². The topological polar surface area (TPSA) is 67.4 Å². The van der Waals surface area contributed by atoms with Gasteiger partial charge in [0.05, 0.1) is 13.0 Å². The number of hydrogen-bond acceptors (Lipinski definition) is 3. The van der Waals surface area contributed by atoms with Crippen LogP contribution >= 0.6 is 15.9 Å². The van der Waals surface area contributed by atoms with E-state index in [0.29, 0.717) is 13.2 Å². The van der Waals surface area contributed by atoms with Crippen molar-refractivity contribution in [1.29, 1.82) is 0 Å². The molecular weight excluding hydrogens is 396 g/mol. The van der Waals surface area contributed by atoms with E-state index in [1.807, 2.05) is 48.5 Å². The van der Waals surface area contributed by atoms with Gasteiger partial charge in [-0.2, -0.15) is 0 Å². The fraction of sp³-hybridized carbons (Fsp3) is 0.300. The zero-order valence-corrected chi connectivity index (χ0v) is 15.9. The summed E-state index contributed by atoms with van der Waals surface area (Å²) in [5, 5.41) is 5.78. The van der Waals surface area contributed by atoms with Crippen molar-refractivity contribution >= 4 is 33.4 Å². The van der Waals surface area contributed by atoms with E-state index in [1.165, 1.54) is 0 Å². The number of ether oxygens (including phenoxy) is 1. The molecule has 2 N–H and O–H groups in total. The van der Waals surface area contributed by atoms with Crippen molar-refractivity contribution in [3.8, 4) is 5.75 Å². The van der Waals surface area contributed by atoms with Gasteiger partial charge in [0.15, 0.2) is 0 Å². The van der Waals surface area contributed by atoms with Gasteiger partial charge in [-0.15, -0.1) is 0 Å². The molecule has 0 aliphatic heterocycles. The average molecular weight is 417 g/mol. The minimum atomic E-state index is -0.0745. The molecule has 0 bridgehead atoms. The number of hydrogen-bond donors (Lipinski definition) is 2. The highest BCUT2D eigenvalue weighted by molar-refractivity contribution is 9.10. The number of carbonyl (C=O) groups excluding carboxylic acids is 2. The largest absolute Gasteiger partial charge is 0.493 e. The number of anilines is 1. The third kappa shape index (κ3) is 5.88. The first kappa shape index (κ1) is 18.5. The standard InChI is InChI=1S/C20H21BrN2O3/c21-16-6-8-18(9-7-16)26-11-10-19(24)22-13-14-2-1-3-17(12-14)23-20(25)15-4-5-15/h1-3,6-9,12,15H,4-5,10-11,13H2,(H,22,24)(H,23,25). The van der Waals surface area contributed by atoms with Crippen molar-refractivity contribution in [2.24, 2.45) is 5.92 Å². The predicted molar refractivity (Wildman–Crippen MR) is 104 cm³/mol. The molecule has 0 saturated heterocycles. The van der Waals surface area contributed by atoms with Gasteiger partial charge in [-0.3, -0.25) is 9.59 Å². The van der Waals surface area contributed by atoms with Crippen LogP contribution in [0.15, 0.2) is 53.0 Å². The molecule has 0 heterocycles. The second-order valence-corrected chi connectivity index (χ2v) is 7.21. The maximum absolute atomic E-state index is 12.0. The van der Waals surface area contributed by atoms with Crippen LogP contribution in [-0.2, 0) is 16.1 Å². The van der Waals surface area contributed by atoms with Crippen LogP contribution < -0.4 is 15.4 Å². The lowest BCUT2D eigenvalue weighted by Crippen LogP contribution is -2.24. The van der Waals surface area contributed by atoms with Gasteiger partial charge >= 0.3 is 0 Å². The number of benzene rings is 2. The lowest BCUT2D eigenvalue weighted by molar-refractivity contribution is -0.121. The monoisotopic (exact) mass is 416 g/mol. The van der Waals surface area contributed by atoms with Gasteiger partial charge in [-0.05, 0) is 54.8 Å². The van der Waals surface area contributed by atoms with Crippen LogP contribution in [0.25, 0.3) is 0 Å². The molecule has 2 aromatic rings. The first-order valence-electron chi connectivity index (χ1n) is 8.65. The van der Waals surface area contributed by atoms with Gasteiger partial charge in [0.2, 0.25) is 11.8 Å². The maximum atomic E-state index is 12.0. The quantitative estimate of drug-likeness (QED) is 0.685. The van der Waals surface area contributed by atoms with Gasteiger partial charge < -0.3 is 15.4 Å². The van der Waals surface area contributed by atoms with E-state index in [4.69, 9.17) is 4.74 Å². The van der Waals surface area contributed by atoms with Crippen LogP contribution in [-0.4, -0.2) is 18.4 Å². The minimum absolute atomic E-state index is 0.0745. The third-order valence-electron chi connectivity index (χ3n) is 4.04. The molecule has 1 fully saturated rings. The van der Waals surface area contributed by atoms with Gasteiger partial charge in [0.1, 0.15) is 5.75 Å². The Morgan fingerprint density at radius 3 is 2.62 bits per heavy atom. The molecule has 2 aromatic carbocycles. The summed E-state index contributed by atoms with van der Waals surface area (Å²) in [5.41, 5.74) is 1.72. The molecule has 6 heteroatoms.